The third-order valence-corrected chi connectivity index (χ3v) is 10.8. The van der Waals surface area contributed by atoms with Crippen molar-refractivity contribution >= 4 is 5.91 Å². The standard InChI is InChI=1S/C29H36N4O4/c1-18-14-30-32(15-18)17-23(35)33-11-2-7-27(33)8-9-29(36)22-13-20-5-6-21(34)25-24(20)28(29,26(27)37-25)10-12-31(22)16-19-3-4-19/h5-6,14-15,19,22,26,34,36H,2-4,7-13,16-17H2,1H3/t22-,26+,27-,28+,29-/m1/s1. The van der Waals surface area contributed by atoms with E-state index >= 15 is 0 Å². The van der Waals surface area contributed by atoms with Gasteiger partial charge in [-0.25, -0.2) is 0 Å². The summed E-state index contributed by atoms with van der Waals surface area (Å²) < 4.78 is 8.56. The molecule has 0 unspecified atom stereocenters. The number of aliphatic hydroxyl groups is 1. The largest absolute Gasteiger partial charge is 0.504 e. The van der Waals surface area contributed by atoms with Gasteiger partial charge in [-0.15, -0.1) is 0 Å². The van der Waals surface area contributed by atoms with E-state index in [0.29, 0.717) is 18.7 Å². The molecule has 8 heteroatoms. The number of ether oxygens (including phenoxy) is 1. The number of piperidine rings is 1. The summed E-state index contributed by atoms with van der Waals surface area (Å²) >= 11 is 0. The van der Waals surface area contributed by atoms with Crippen LogP contribution in [-0.4, -0.2) is 78.6 Å². The van der Waals surface area contributed by atoms with Crippen molar-refractivity contribution in [2.75, 3.05) is 19.6 Å². The fraction of sp³-hybridized carbons (Fsp3) is 0.655. The Bertz CT molecular complexity index is 1300. The van der Waals surface area contributed by atoms with Crippen LogP contribution in [-0.2, 0) is 23.2 Å². The number of rotatable bonds is 4. The molecule has 4 heterocycles. The van der Waals surface area contributed by atoms with Crippen LogP contribution in [0.4, 0.5) is 0 Å². The smallest absolute Gasteiger partial charge is 0.244 e. The van der Waals surface area contributed by atoms with Gasteiger partial charge in [0.2, 0.25) is 5.91 Å². The zero-order valence-electron chi connectivity index (χ0n) is 21.5. The van der Waals surface area contributed by atoms with Gasteiger partial charge >= 0.3 is 0 Å². The number of benzene rings is 1. The zero-order valence-corrected chi connectivity index (χ0v) is 21.5. The predicted molar refractivity (Wildman–Crippen MR) is 135 cm³/mol. The maximum Gasteiger partial charge on any atom is 0.244 e. The Balaban J connectivity index is 1.24. The highest BCUT2D eigenvalue weighted by atomic mass is 16.5. The van der Waals surface area contributed by atoms with Crippen molar-refractivity contribution < 1.29 is 19.7 Å². The number of carbonyl (C=O) groups excluding carboxylic acids is 1. The lowest BCUT2D eigenvalue weighted by Gasteiger charge is -2.67. The number of amides is 1. The molecular formula is C29H36N4O4. The first-order valence-corrected chi connectivity index (χ1v) is 14.1. The van der Waals surface area contributed by atoms with Crippen molar-refractivity contribution in [2.45, 2.75) is 93.5 Å². The molecule has 2 spiro atoms. The van der Waals surface area contributed by atoms with Gasteiger partial charge in [-0.05, 0) is 87.9 Å². The molecule has 4 fully saturated rings. The Kier molecular flexibility index (Phi) is 4.41. The van der Waals surface area contributed by atoms with Crippen molar-refractivity contribution in [3.05, 3.63) is 41.2 Å². The van der Waals surface area contributed by atoms with Crippen LogP contribution in [0.25, 0.3) is 0 Å². The molecule has 3 aliphatic heterocycles. The molecule has 2 saturated heterocycles. The number of aryl methyl sites for hydroxylation is 1. The number of likely N-dealkylation sites (tertiary alicyclic amines) is 2. The van der Waals surface area contributed by atoms with Gasteiger partial charge in [0.15, 0.2) is 11.5 Å². The zero-order chi connectivity index (χ0) is 25.2. The number of phenols is 1. The van der Waals surface area contributed by atoms with Crippen LogP contribution < -0.4 is 4.74 Å². The highest BCUT2D eigenvalue weighted by Crippen LogP contribution is 2.69. The van der Waals surface area contributed by atoms with E-state index < -0.39 is 16.6 Å². The van der Waals surface area contributed by atoms with E-state index in [-0.39, 0.29) is 30.3 Å². The summed E-state index contributed by atoms with van der Waals surface area (Å²) in [5.41, 5.74) is 1.24. The fourth-order valence-corrected chi connectivity index (χ4v) is 9.17. The van der Waals surface area contributed by atoms with Crippen LogP contribution in [0.5, 0.6) is 11.5 Å². The maximum absolute atomic E-state index is 13.8. The normalized spacial score (nSPS) is 37.6. The van der Waals surface area contributed by atoms with E-state index in [2.05, 4.69) is 14.9 Å². The number of hydrogen-bond acceptors (Lipinski definition) is 6. The molecule has 3 aliphatic carbocycles. The van der Waals surface area contributed by atoms with E-state index in [1.54, 1.807) is 16.9 Å². The third-order valence-electron chi connectivity index (χ3n) is 10.8. The maximum atomic E-state index is 13.8. The number of carbonyl (C=O) groups is 1. The Labute approximate surface area is 217 Å². The topological polar surface area (TPSA) is 91.1 Å². The quantitative estimate of drug-likeness (QED) is 0.665. The molecule has 1 aromatic heterocycles. The van der Waals surface area contributed by atoms with E-state index in [4.69, 9.17) is 4.74 Å². The monoisotopic (exact) mass is 504 g/mol. The highest BCUT2D eigenvalue weighted by Gasteiger charge is 2.77. The Morgan fingerprint density at radius 3 is 2.84 bits per heavy atom. The van der Waals surface area contributed by atoms with Gasteiger partial charge in [0, 0.05) is 30.9 Å². The van der Waals surface area contributed by atoms with Crippen LogP contribution in [0.15, 0.2) is 24.5 Å². The van der Waals surface area contributed by atoms with Crippen molar-refractivity contribution in [1.29, 1.82) is 0 Å². The lowest BCUT2D eigenvalue weighted by molar-refractivity contribution is -0.217. The first kappa shape index (κ1) is 22.4. The second kappa shape index (κ2) is 7.29. The number of aromatic hydroxyl groups is 1. The molecule has 2 aromatic rings. The molecule has 8 nitrogen and oxygen atoms in total. The molecule has 6 aliphatic rings. The molecule has 2 N–H and O–H groups in total. The molecule has 37 heavy (non-hydrogen) atoms. The molecule has 5 atom stereocenters. The number of fused-ring (bicyclic) bond motifs is 1. The van der Waals surface area contributed by atoms with E-state index in [0.717, 1.165) is 62.2 Å². The Morgan fingerprint density at radius 1 is 1.19 bits per heavy atom. The average molecular weight is 505 g/mol. The SMILES string of the molecule is Cc1cnn(CC(=O)N2CCC[C@]23CC[C@@]2(O)[C@H]4Cc5ccc(O)c6c5[C@@]2(CCN4CC2CC2)[C@H]3O6)c1. The summed E-state index contributed by atoms with van der Waals surface area (Å²) in [5, 5.41) is 28.1. The first-order chi connectivity index (χ1) is 17.9. The minimum atomic E-state index is -0.932. The van der Waals surface area contributed by atoms with Crippen molar-refractivity contribution in [3.8, 4) is 11.5 Å². The van der Waals surface area contributed by atoms with Gasteiger partial charge in [0.05, 0.1) is 22.8 Å². The molecule has 196 valence electrons. The minimum absolute atomic E-state index is 0.0471. The van der Waals surface area contributed by atoms with Crippen LogP contribution in [0, 0.1) is 12.8 Å². The molecule has 2 saturated carbocycles. The van der Waals surface area contributed by atoms with Gasteiger partial charge in [-0.3, -0.25) is 14.4 Å². The summed E-state index contributed by atoms with van der Waals surface area (Å²) in [6, 6.07) is 3.86. The van der Waals surface area contributed by atoms with E-state index in [9.17, 15) is 15.0 Å². The van der Waals surface area contributed by atoms with Crippen LogP contribution in [0.3, 0.4) is 0 Å². The summed E-state index contributed by atoms with van der Waals surface area (Å²) in [5.74, 6) is 1.53. The minimum Gasteiger partial charge on any atom is -0.504 e. The Morgan fingerprint density at radius 2 is 2.05 bits per heavy atom. The number of aromatic nitrogens is 2. The summed E-state index contributed by atoms with van der Waals surface area (Å²) in [7, 11) is 0. The van der Waals surface area contributed by atoms with Gasteiger partial charge in [-0.2, -0.15) is 5.10 Å². The number of phenolic OH excluding ortho intramolecular Hbond substituents is 1. The van der Waals surface area contributed by atoms with Crippen molar-refractivity contribution in [3.63, 3.8) is 0 Å². The molecular weight excluding hydrogens is 468 g/mol. The fourth-order valence-electron chi connectivity index (χ4n) is 9.17. The van der Waals surface area contributed by atoms with Gasteiger partial charge in [0.1, 0.15) is 12.6 Å². The van der Waals surface area contributed by atoms with E-state index in [1.165, 1.54) is 18.4 Å². The Hall–Kier alpha value is -2.58. The van der Waals surface area contributed by atoms with Gasteiger partial charge in [-0.1, -0.05) is 6.07 Å². The predicted octanol–water partition coefficient (Wildman–Crippen LogP) is 2.52. The van der Waals surface area contributed by atoms with Gasteiger partial charge < -0.3 is 19.8 Å². The van der Waals surface area contributed by atoms with Crippen LogP contribution >= 0.6 is 0 Å². The molecule has 1 amide bonds. The first-order valence-electron chi connectivity index (χ1n) is 14.1. The van der Waals surface area contributed by atoms with Crippen molar-refractivity contribution in [2.24, 2.45) is 5.92 Å². The molecule has 0 radical (unpaired) electrons. The molecule has 2 bridgehead atoms. The van der Waals surface area contributed by atoms with Crippen LogP contribution in [0.2, 0.25) is 0 Å². The second-order valence-corrected chi connectivity index (χ2v) is 12.7. The van der Waals surface area contributed by atoms with Crippen molar-refractivity contribution in [1.82, 2.24) is 19.6 Å². The highest BCUT2D eigenvalue weighted by molar-refractivity contribution is 5.78. The lowest BCUT2D eigenvalue weighted by Crippen LogP contribution is -2.80. The summed E-state index contributed by atoms with van der Waals surface area (Å²) in [6.07, 6.45) is 10.7. The van der Waals surface area contributed by atoms with Crippen LogP contribution in [0.1, 0.15) is 61.6 Å². The summed E-state index contributed by atoms with van der Waals surface area (Å²) in [4.78, 5) is 18.4. The summed E-state index contributed by atoms with van der Waals surface area (Å²) in [6.45, 7) is 4.87. The third kappa shape index (κ3) is 2.76. The van der Waals surface area contributed by atoms with Gasteiger partial charge in [0.25, 0.3) is 0 Å². The average Bonchev–Trinajstić information content (AvgIpc) is 3.26. The number of nitrogens with zero attached hydrogens (tertiary/aromatic N) is 4. The second-order valence-electron chi connectivity index (χ2n) is 12.7. The number of hydrogen-bond donors (Lipinski definition) is 2. The van der Waals surface area contributed by atoms with E-state index in [1.807, 2.05) is 19.2 Å². The molecule has 1 aromatic carbocycles. The molecule has 8 rings (SSSR count). The lowest BCUT2D eigenvalue weighted by atomic mass is 9.45.